The van der Waals surface area contributed by atoms with Gasteiger partial charge in [0, 0.05) is 6.42 Å². The van der Waals surface area contributed by atoms with Crippen LogP contribution in [0.4, 0.5) is 0 Å². The van der Waals surface area contributed by atoms with Crippen LogP contribution in [0.15, 0.2) is 0 Å². The van der Waals surface area contributed by atoms with Gasteiger partial charge in [-0.25, -0.2) is 4.79 Å². The van der Waals surface area contributed by atoms with Crippen LogP contribution in [-0.2, 0) is 9.59 Å². The number of carboxylic acids is 1. The monoisotopic (exact) mass is 272 g/mol. The largest absolute Gasteiger partial charge is 0.480 e. The molecule has 5 nitrogen and oxygen atoms in total. The Balaban J connectivity index is 4.24. The zero-order valence-corrected chi connectivity index (χ0v) is 12.5. The lowest BCUT2D eigenvalue weighted by atomic mass is 9.84. The maximum atomic E-state index is 11.8. The van der Waals surface area contributed by atoms with E-state index in [2.05, 4.69) is 19.2 Å². The minimum Gasteiger partial charge on any atom is -0.480 e. The first-order valence-electron chi connectivity index (χ1n) is 6.90. The van der Waals surface area contributed by atoms with Crippen LogP contribution in [0, 0.1) is 11.3 Å². The van der Waals surface area contributed by atoms with Gasteiger partial charge >= 0.3 is 5.97 Å². The fourth-order valence-electron chi connectivity index (χ4n) is 1.93. The molecule has 112 valence electrons. The minimum absolute atomic E-state index is 0.0167. The lowest BCUT2D eigenvalue weighted by Gasteiger charge is -2.24. The molecule has 0 aliphatic carbocycles. The second kappa shape index (κ2) is 8.15. The fraction of sp³-hybridized carbons (Fsp3) is 0.857. The molecule has 5 heteroatoms. The lowest BCUT2D eigenvalue weighted by molar-refractivity contribution is -0.142. The Morgan fingerprint density at radius 2 is 1.84 bits per heavy atom. The third-order valence-corrected chi connectivity index (χ3v) is 3.19. The maximum Gasteiger partial charge on any atom is 0.326 e. The molecule has 0 spiro atoms. The average Bonchev–Trinajstić information content (AvgIpc) is 2.25. The van der Waals surface area contributed by atoms with E-state index in [4.69, 9.17) is 10.8 Å². The van der Waals surface area contributed by atoms with E-state index in [-0.39, 0.29) is 17.2 Å². The second-order valence-electron chi connectivity index (χ2n) is 6.29. The molecule has 0 radical (unpaired) electrons. The summed E-state index contributed by atoms with van der Waals surface area (Å²) >= 11 is 0. The highest BCUT2D eigenvalue weighted by molar-refractivity contribution is 5.83. The number of carbonyl (C=O) groups is 2. The molecule has 19 heavy (non-hydrogen) atoms. The molecule has 0 aromatic rings. The first kappa shape index (κ1) is 17.9. The summed E-state index contributed by atoms with van der Waals surface area (Å²) in [6.45, 7) is 8.60. The highest BCUT2D eigenvalue weighted by Gasteiger charge is 2.23. The van der Waals surface area contributed by atoms with Crippen molar-refractivity contribution >= 4 is 11.9 Å². The number of carboxylic acid groups (broad SMARTS) is 1. The number of carbonyl (C=O) groups excluding carboxylic acids is 1. The molecule has 0 fully saturated rings. The van der Waals surface area contributed by atoms with Crippen molar-refractivity contribution in [1.82, 2.24) is 5.32 Å². The summed E-state index contributed by atoms with van der Waals surface area (Å²) in [4.78, 5) is 22.8. The summed E-state index contributed by atoms with van der Waals surface area (Å²) in [6.07, 6.45) is 2.36. The maximum absolute atomic E-state index is 11.8. The van der Waals surface area contributed by atoms with E-state index in [0.717, 1.165) is 6.42 Å². The summed E-state index contributed by atoms with van der Waals surface area (Å²) in [5, 5.41) is 11.6. The first-order valence-corrected chi connectivity index (χ1v) is 6.90. The van der Waals surface area contributed by atoms with E-state index in [0.29, 0.717) is 25.8 Å². The molecule has 0 saturated heterocycles. The van der Waals surface area contributed by atoms with Crippen molar-refractivity contribution in [2.45, 2.75) is 59.4 Å². The first-order chi connectivity index (χ1) is 8.68. The van der Waals surface area contributed by atoms with Gasteiger partial charge in [0.2, 0.25) is 5.91 Å². The highest BCUT2D eigenvalue weighted by Crippen LogP contribution is 2.25. The van der Waals surface area contributed by atoms with Crippen molar-refractivity contribution in [3.05, 3.63) is 0 Å². The predicted molar refractivity (Wildman–Crippen MR) is 75.7 cm³/mol. The molecule has 4 N–H and O–H groups in total. The molecule has 0 aromatic carbocycles. The number of hydrogen-bond donors (Lipinski definition) is 3. The second-order valence-corrected chi connectivity index (χ2v) is 6.29. The normalized spacial score (nSPS) is 13.4. The lowest BCUT2D eigenvalue weighted by Crippen LogP contribution is -2.41. The van der Waals surface area contributed by atoms with Gasteiger partial charge in [-0.15, -0.1) is 0 Å². The SMILES string of the molecule is CC(C)C[C@@H](NC(=O)CCC(C)(C)CCN)C(=O)O. The predicted octanol–water partition coefficient (Wildman–Crippen LogP) is 1.76. The summed E-state index contributed by atoms with van der Waals surface area (Å²) in [5.74, 6) is -0.934. The van der Waals surface area contributed by atoms with Crippen molar-refractivity contribution in [3.63, 3.8) is 0 Å². The number of nitrogens with two attached hydrogens (primary N) is 1. The molecule has 0 bridgehead atoms. The van der Waals surface area contributed by atoms with Gasteiger partial charge in [0.25, 0.3) is 0 Å². The topological polar surface area (TPSA) is 92.4 Å². The Kier molecular flexibility index (Phi) is 7.68. The summed E-state index contributed by atoms with van der Waals surface area (Å²) in [6, 6.07) is -0.787. The smallest absolute Gasteiger partial charge is 0.326 e. The third kappa shape index (κ3) is 8.59. The van der Waals surface area contributed by atoms with Gasteiger partial charge < -0.3 is 16.2 Å². The van der Waals surface area contributed by atoms with E-state index in [9.17, 15) is 9.59 Å². The van der Waals surface area contributed by atoms with E-state index in [1.807, 2.05) is 13.8 Å². The molecule has 1 atom stereocenters. The Morgan fingerprint density at radius 1 is 1.26 bits per heavy atom. The molecule has 0 heterocycles. The van der Waals surface area contributed by atoms with Gasteiger partial charge in [0.15, 0.2) is 0 Å². The van der Waals surface area contributed by atoms with E-state index in [1.54, 1.807) is 0 Å². The highest BCUT2D eigenvalue weighted by atomic mass is 16.4. The van der Waals surface area contributed by atoms with E-state index in [1.165, 1.54) is 0 Å². The molecule has 0 aliphatic rings. The number of nitrogens with one attached hydrogen (secondary N) is 1. The van der Waals surface area contributed by atoms with Gasteiger partial charge in [-0.1, -0.05) is 27.7 Å². The van der Waals surface area contributed by atoms with Gasteiger partial charge in [-0.3, -0.25) is 4.79 Å². The van der Waals surface area contributed by atoms with Crippen LogP contribution < -0.4 is 11.1 Å². The van der Waals surface area contributed by atoms with Gasteiger partial charge in [-0.05, 0) is 37.1 Å². The average molecular weight is 272 g/mol. The molecule has 0 aliphatic heterocycles. The van der Waals surface area contributed by atoms with E-state index < -0.39 is 12.0 Å². The standard InChI is InChI=1S/C14H28N2O3/c1-10(2)9-11(13(18)19)16-12(17)5-6-14(3,4)7-8-15/h10-11H,5-9,15H2,1-4H3,(H,16,17)(H,18,19)/t11-/m1/s1. The van der Waals surface area contributed by atoms with Crippen molar-refractivity contribution < 1.29 is 14.7 Å². The molecular formula is C14H28N2O3. The van der Waals surface area contributed by atoms with Crippen molar-refractivity contribution in [2.75, 3.05) is 6.54 Å². The third-order valence-electron chi connectivity index (χ3n) is 3.19. The van der Waals surface area contributed by atoms with Crippen molar-refractivity contribution in [1.29, 1.82) is 0 Å². The molecule has 0 saturated carbocycles. The Bertz CT molecular complexity index is 301. The van der Waals surface area contributed by atoms with Crippen LogP contribution >= 0.6 is 0 Å². The zero-order chi connectivity index (χ0) is 15.1. The van der Waals surface area contributed by atoms with Crippen LogP contribution in [-0.4, -0.2) is 29.6 Å². The fourth-order valence-corrected chi connectivity index (χ4v) is 1.93. The van der Waals surface area contributed by atoms with Gasteiger partial charge in [-0.2, -0.15) is 0 Å². The van der Waals surface area contributed by atoms with Crippen LogP contribution in [0.3, 0.4) is 0 Å². The van der Waals surface area contributed by atoms with Gasteiger partial charge in [0.1, 0.15) is 6.04 Å². The summed E-state index contributed by atoms with van der Waals surface area (Å²) in [5.41, 5.74) is 5.53. The van der Waals surface area contributed by atoms with Crippen LogP contribution in [0.25, 0.3) is 0 Å². The van der Waals surface area contributed by atoms with Crippen molar-refractivity contribution in [2.24, 2.45) is 17.1 Å². The summed E-state index contributed by atoms with van der Waals surface area (Å²) < 4.78 is 0. The van der Waals surface area contributed by atoms with Crippen LogP contribution in [0.2, 0.25) is 0 Å². The number of amides is 1. The molecular weight excluding hydrogens is 244 g/mol. The number of rotatable bonds is 9. The van der Waals surface area contributed by atoms with Gasteiger partial charge in [0.05, 0.1) is 0 Å². The van der Waals surface area contributed by atoms with Crippen molar-refractivity contribution in [3.8, 4) is 0 Å². The summed E-state index contributed by atoms with van der Waals surface area (Å²) in [7, 11) is 0. The Hall–Kier alpha value is -1.10. The van der Waals surface area contributed by atoms with Crippen LogP contribution in [0.5, 0.6) is 0 Å². The Labute approximate surface area is 115 Å². The zero-order valence-electron chi connectivity index (χ0n) is 12.5. The molecule has 0 rings (SSSR count). The number of aliphatic carboxylic acids is 1. The molecule has 0 aromatic heterocycles. The minimum atomic E-state index is -0.969. The quantitative estimate of drug-likeness (QED) is 0.596. The Morgan fingerprint density at radius 3 is 2.26 bits per heavy atom. The number of hydrogen-bond acceptors (Lipinski definition) is 3. The molecule has 0 unspecified atom stereocenters. The van der Waals surface area contributed by atoms with E-state index >= 15 is 0 Å². The molecule has 1 amide bonds. The van der Waals surface area contributed by atoms with Crippen LogP contribution in [0.1, 0.15) is 53.4 Å².